The van der Waals surface area contributed by atoms with Gasteiger partial charge in [-0.2, -0.15) is 0 Å². The van der Waals surface area contributed by atoms with E-state index in [0.717, 1.165) is 19.2 Å². The second kappa shape index (κ2) is 3.24. The first-order valence-electron chi connectivity index (χ1n) is 5.78. The highest BCUT2D eigenvalue weighted by molar-refractivity contribution is 6.45. The average Bonchev–Trinajstić information content (AvgIpc) is 2.38. The van der Waals surface area contributed by atoms with E-state index in [-0.39, 0.29) is 12.7 Å². The van der Waals surface area contributed by atoms with Gasteiger partial charge in [0, 0.05) is 0 Å². The van der Waals surface area contributed by atoms with Crippen LogP contribution in [0, 0.1) is 5.41 Å². The van der Waals surface area contributed by atoms with Crippen molar-refractivity contribution in [2.24, 2.45) is 5.41 Å². The van der Waals surface area contributed by atoms with Gasteiger partial charge in [-0.05, 0) is 37.9 Å². The van der Waals surface area contributed by atoms with Crippen LogP contribution in [0.25, 0.3) is 0 Å². The van der Waals surface area contributed by atoms with Crippen molar-refractivity contribution in [3.63, 3.8) is 0 Å². The third-order valence-electron chi connectivity index (χ3n) is 3.64. The van der Waals surface area contributed by atoms with Crippen LogP contribution < -0.4 is 0 Å². The molecule has 1 saturated heterocycles. The van der Waals surface area contributed by atoms with Crippen molar-refractivity contribution in [2.75, 3.05) is 0 Å². The van der Waals surface area contributed by atoms with E-state index in [0.29, 0.717) is 11.5 Å². The van der Waals surface area contributed by atoms with Crippen LogP contribution in [0.5, 0.6) is 0 Å². The molecule has 14 heavy (non-hydrogen) atoms. The minimum Gasteiger partial charge on any atom is -0.405 e. The SMILES string of the molecule is CCB1OC2CCC(C)(C)CC2(C)O1. The Hall–Kier alpha value is -0.0151. The van der Waals surface area contributed by atoms with Gasteiger partial charge in [0.1, 0.15) is 0 Å². The Morgan fingerprint density at radius 1 is 1.36 bits per heavy atom. The smallest absolute Gasteiger partial charge is 0.405 e. The van der Waals surface area contributed by atoms with Crippen molar-refractivity contribution in [1.29, 1.82) is 0 Å². The molecule has 80 valence electrons. The lowest BCUT2D eigenvalue weighted by atomic mass is 9.69. The summed E-state index contributed by atoms with van der Waals surface area (Å²) in [5.74, 6) is 0. The Labute approximate surface area is 87.5 Å². The molecule has 2 atom stereocenters. The minimum absolute atomic E-state index is 0.0254. The molecule has 1 heterocycles. The molecule has 1 aliphatic carbocycles. The summed E-state index contributed by atoms with van der Waals surface area (Å²) in [6.45, 7) is 9.00. The lowest BCUT2D eigenvalue weighted by Gasteiger charge is -2.43. The third-order valence-corrected chi connectivity index (χ3v) is 3.64. The first kappa shape index (κ1) is 10.5. The molecule has 1 aliphatic heterocycles. The molecule has 0 spiro atoms. The van der Waals surface area contributed by atoms with Crippen LogP contribution in [0.1, 0.15) is 47.0 Å². The number of hydrogen-bond acceptors (Lipinski definition) is 2. The van der Waals surface area contributed by atoms with E-state index in [4.69, 9.17) is 9.31 Å². The van der Waals surface area contributed by atoms with E-state index < -0.39 is 0 Å². The molecular weight excluding hydrogens is 175 g/mol. The molecular formula is C11H21BO2. The van der Waals surface area contributed by atoms with Crippen LogP contribution in [-0.4, -0.2) is 18.8 Å². The van der Waals surface area contributed by atoms with Crippen LogP contribution in [-0.2, 0) is 9.31 Å². The maximum absolute atomic E-state index is 6.02. The van der Waals surface area contributed by atoms with Crippen molar-refractivity contribution in [3.05, 3.63) is 0 Å². The normalized spacial score (nSPS) is 41.1. The predicted octanol–water partition coefficient (Wildman–Crippen LogP) is 2.88. The molecule has 1 saturated carbocycles. The summed E-state index contributed by atoms with van der Waals surface area (Å²) >= 11 is 0. The Balaban J connectivity index is 2.11. The maximum Gasteiger partial charge on any atom is 0.457 e. The van der Waals surface area contributed by atoms with Gasteiger partial charge in [-0.15, -0.1) is 0 Å². The number of rotatable bonds is 1. The second-order valence-corrected chi connectivity index (χ2v) is 5.77. The molecule has 0 aromatic heterocycles. The van der Waals surface area contributed by atoms with Gasteiger partial charge in [0.15, 0.2) is 0 Å². The highest BCUT2D eigenvalue weighted by Gasteiger charge is 2.52. The van der Waals surface area contributed by atoms with Crippen molar-refractivity contribution < 1.29 is 9.31 Å². The second-order valence-electron chi connectivity index (χ2n) is 5.77. The predicted molar refractivity (Wildman–Crippen MR) is 58.2 cm³/mol. The molecule has 2 nitrogen and oxygen atoms in total. The molecule has 0 radical (unpaired) electrons. The molecule has 0 aromatic rings. The minimum atomic E-state index is -0.0254. The van der Waals surface area contributed by atoms with Crippen LogP contribution >= 0.6 is 0 Å². The largest absolute Gasteiger partial charge is 0.457 e. The van der Waals surface area contributed by atoms with Crippen molar-refractivity contribution in [2.45, 2.75) is 65.0 Å². The van der Waals surface area contributed by atoms with Gasteiger partial charge in [-0.3, -0.25) is 0 Å². The summed E-state index contributed by atoms with van der Waals surface area (Å²) in [5.41, 5.74) is 0.389. The molecule has 2 unspecified atom stereocenters. The van der Waals surface area contributed by atoms with Crippen molar-refractivity contribution in [3.8, 4) is 0 Å². The standard InChI is InChI=1S/C11H21BO2/c1-5-12-13-9-6-7-10(2,3)8-11(9,4)14-12/h9H,5-8H2,1-4H3. The highest BCUT2D eigenvalue weighted by Crippen LogP contribution is 2.47. The zero-order valence-corrected chi connectivity index (χ0v) is 9.80. The molecule has 0 N–H and O–H groups in total. The topological polar surface area (TPSA) is 18.5 Å². The fraction of sp³-hybridized carbons (Fsp3) is 1.00. The summed E-state index contributed by atoms with van der Waals surface area (Å²) in [6.07, 6.45) is 4.83. The van der Waals surface area contributed by atoms with E-state index in [2.05, 4.69) is 27.7 Å². The van der Waals surface area contributed by atoms with Crippen molar-refractivity contribution >= 4 is 7.12 Å². The Kier molecular flexibility index (Phi) is 2.43. The van der Waals surface area contributed by atoms with Crippen LogP contribution in [0.15, 0.2) is 0 Å². The summed E-state index contributed by atoms with van der Waals surface area (Å²) < 4.78 is 11.9. The molecule has 0 bridgehead atoms. The van der Waals surface area contributed by atoms with Crippen LogP contribution in [0.4, 0.5) is 0 Å². The van der Waals surface area contributed by atoms with Gasteiger partial charge in [-0.25, -0.2) is 0 Å². The fourth-order valence-corrected chi connectivity index (χ4v) is 3.00. The van der Waals surface area contributed by atoms with E-state index in [1.807, 2.05) is 0 Å². The monoisotopic (exact) mass is 196 g/mol. The van der Waals surface area contributed by atoms with E-state index in [1.54, 1.807) is 0 Å². The van der Waals surface area contributed by atoms with Crippen molar-refractivity contribution in [1.82, 2.24) is 0 Å². The summed E-state index contributed by atoms with van der Waals surface area (Å²) in [4.78, 5) is 0. The van der Waals surface area contributed by atoms with Gasteiger partial charge in [0.25, 0.3) is 0 Å². The quantitative estimate of drug-likeness (QED) is 0.600. The Morgan fingerprint density at radius 2 is 2.07 bits per heavy atom. The van der Waals surface area contributed by atoms with Gasteiger partial charge in [0.2, 0.25) is 0 Å². The molecule has 3 heteroatoms. The summed E-state index contributed by atoms with van der Waals surface area (Å²) in [7, 11) is 0.0406. The van der Waals surface area contributed by atoms with Gasteiger partial charge in [0.05, 0.1) is 11.7 Å². The lowest BCUT2D eigenvalue weighted by Crippen LogP contribution is -2.45. The molecule has 2 aliphatic rings. The number of fused-ring (bicyclic) bond motifs is 1. The van der Waals surface area contributed by atoms with Gasteiger partial charge in [-0.1, -0.05) is 20.8 Å². The third kappa shape index (κ3) is 1.72. The first-order valence-corrected chi connectivity index (χ1v) is 5.78. The zero-order valence-electron chi connectivity index (χ0n) is 9.80. The van der Waals surface area contributed by atoms with E-state index in [1.165, 1.54) is 6.42 Å². The van der Waals surface area contributed by atoms with Crippen LogP contribution in [0.2, 0.25) is 6.32 Å². The van der Waals surface area contributed by atoms with Gasteiger partial charge < -0.3 is 9.31 Å². The Bertz CT molecular complexity index is 229. The van der Waals surface area contributed by atoms with E-state index in [9.17, 15) is 0 Å². The zero-order chi connectivity index (χ0) is 10.4. The molecule has 0 aromatic carbocycles. The molecule has 0 amide bonds. The first-order chi connectivity index (χ1) is 6.45. The summed E-state index contributed by atoms with van der Waals surface area (Å²) in [6, 6.07) is 0. The Morgan fingerprint density at radius 3 is 2.71 bits per heavy atom. The summed E-state index contributed by atoms with van der Waals surface area (Å²) in [5, 5.41) is 0. The van der Waals surface area contributed by atoms with Crippen LogP contribution in [0.3, 0.4) is 0 Å². The highest BCUT2D eigenvalue weighted by atomic mass is 16.7. The maximum atomic E-state index is 6.02. The fourth-order valence-electron chi connectivity index (χ4n) is 3.00. The molecule has 2 fully saturated rings. The number of hydrogen-bond donors (Lipinski definition) is 0. The lowest BCUT2D eigenvalue weighted by molar-refractivity contribution is -0.0297. The van der Waals surface area contributed by atoms with E-state index >= 15 is 0 Å². The van der Waals surface area contributed by atoms with Gasteiger partial charge >= 0.3 is 7.12 Å². The molecule has 2 rings (SSSR count). The average molecular weight is 196 g/mol.